The van der Waals surface area contributed by atoms with Gasteiger partial charge in [-0.2, -0.15) is 0 Å². The van der Waals surface area contributed by atoms with Gasteiger partial charge in [0.15, 0.2) is 0 Å². The number of thioether (sulfide) groups is 1. The van der Waals surface area contributed by atoms with Gasteiger partial charge >= 0.3 is 0 Å². The lowest BCUT2D eigenvalue weighted by Gasteiger charge is -2.15. The maximum atomic E-state index is 11.8. The van der Waals surface area contributed by atoms with Gasteiger partial charge < -0.3 is 10.2 Å². The number of anilines is 1. The van der Waals surface area contributed by atoms with E-state index >= 15 is 0 Å². The Bertz CT molecular complexity index is 445. The summed E-state index contributed by atoms with van der Waals surface area (Å²) in [6.45, 7) is 0.848. The Morgan fingerprint density at radius 3 is 2.67 bits per heavy atom. The summed E-state index contributed by atoms with van der Waals surface area (Å²) in [7, 11) is 0. The molecule has 18 heavy (non-hydrogen) atoms. The molecule has 0 aromatic heterocycles. The van der Waals surface area contributed by atoms with Gasteiger partial charge in [-0.3, -0.25) is 9.59 Å². The second-order valence-electron chi connectivity index (χ2n) is 4.20. The van der Waals surface area contributed by atoms with E-state index in [1.807, 2.05) is 30.5 Å². The van der Waals surface area contributed by atoms with Crippen LogP contribution in [0, 0.1) is 0 Å². The Morgan fingerprint density at radius 1 is 1.39 bits per heavy atom. The number of hydrogen-bond donors (Lipinski definition) is 1. The van der Waals surface area contributed by atoms with Crippen molar-refractivity contribution in [2.75, 3.05) is 24.7 Å². The summed E-state index contributed by atoms with van der Waals surface area (Å²) in [6, 6.07) is 7.66. The van der Waals surface area contributed by atoms with Crippen LogP contribution in [0.15, 0.2) is 29.2 Å². The minimum atomic E-state index is -0.137. The average molecular weight is 264 g/mol. The molecule has 0 atom stereocenters. The molecule has 0 bridgehead atoms. The van der Waals surface area contributed by atoms with Gasteiger partial charge in [0, 0.05) is 23.5 Å². The number of nitrogens with one attached hydrogen (secondary N) is 1. The molecule has 0 unspecified atom stereocenters. The molecule has 1 aromatic rings. The normalized spacial score (nSPS) is 14.9. The molecule has 1 N–H and O–H groups in total. The van der Waals surface area contributed by atoms with Gasteiger partial charge in [0.05, 0.1) is 6.54 Å². The van der Waals surface area contributed by atoms with Gasteiger partial charge in [0.2, 0.25) is 11.8 Å². The van der Waals surface area contributed by atoms with E-state index < -0.39 is 0 Å². The van der Waals surface area contributed by atoms with Gasteiger partial charge in [-0.15, -0.1) is 11.8 Å². The maximum Gasteiger partial charge on any atom is 0.243 e. The Hall–Kier alpha value is -1.49. The summed E-state index contributed by atoms with van der Waals surface area (Å²) in [5.74, 6) is -0.0648. The van der Waals surface area contributed by atoms with Crippen LogP contribution in [0.5, 0.6) is 0 Å². The first-order valence-corrected chi connectivity index (χ1v) is 7.13. The minimum Gasteiger partial charge on any atom is -0.333 e. The molecule has 0 radical (unpaired) electrons. The highest BCUT2D eigenvalue weighted by Crippen LogP contribution is 2.17. The van der Waals surface area contributed by atoms with Crippen molar-refractivity contribution in [3.8, 4) is 0 Å². The monoisotopic (exact) mass is 264 g/mol. The van der Waals surface area contributed by atoms with E-state index in [4.69, 9.17) is 0 Å². The third-order valence-corrected chi connectivity index (χ3v) is 3.62. The maximum absolute atomic E-state index is 11.8. The average Bonchev–Trinajstić information content (AvgIpc) is 2.76. The van der Waals surface area contributed by atoms with E-state index in [9.17, 15) is 9.59 Å². The van der Waals surface area contributed by atoms with Crippen molar-refractivity contribution in [1.29, 1.82) is 0 Å². The summed E-state index contributed by atoms with van der Waals surface area (Å²) in [5.41, 5.74) is 0.768. The second-order valence-corrected chi connectivity index (χ2v) is 5.08. The second kappa shape index (κ2) is 5.91. The largest absolute Gasteiger partial charge is 0.333 e. The third kappa shape index (κ3) is 3.26. The molecule has 96 valence electrons. The van der Waals surface area contributed by atoms with Crippen LogP contribution in [-0.4, -0.2) is 36.1 Å². The smallest absolute Gasteiger partial charge is 0.243 e. The lowest BCUT2D eigenvalue weighted by atomic mass is 10.3. The molecular weight excluding hydrogens is 248 g/mol. The fraction of sp³-hybridized carbons (Fsp3) is 0.385. The van der Waals surface area contributed by atoms with E-state index in [1.165, 1.54) is 0 Å². The van der Waals surface area contributed by atoms with Crippen molar-refractivity contribution in [3.63, 3.8) is 0 Å². The predicted octanol–water partition coefficient (Wildman–Crippen LogP) is 1.97. The number of amides is 2. The predicted molar refractivity (Wildman–Crippen MR) is 72.7 cm³/mol. The molecule has 1 aromatic carbocycles. The first-order chi connectivity index (χ1) is 8.69. The fourth-order valence-electron chi connectivity index (χ4n) is 1.92. The zero-order valence-corrected chi connectivity index (χ0v) is 11.1. The molecule has 0 saturated carbocycles. The van der Waals surface area contributed by atoms with Crippen molar-refractivity contribution in [3.05, 3.63) is 24.3 Å². The van der Waals surface area contributed by atoms with Crippen LogP contribution in [0.4, 0.5) is 5.69 Å². The molecule has 2 amide bonds. The Labute approximate surface area is 111 Å². The molecule has 1 aliphatic rings. The van der Waals surface area contributed by atoms with Crippen LogP contribution in [0.25, 0.3) is 0 Å². The van der Waals surface area contributed by atoms with E-state index in [1.54, 1.807) is 16.7 Å². The van der Waals surface area contributed by atoms with Gasteiger partial charge in [-0.25, -0.2) is 0 Å². The molecule has 5 heteroatoms. The molecule has 2 rings (SSSR count). The van der Waals surface area contributed by atoms with Crippen molar-refractivity contribution < 1.29 is 9.59 Å². The van der Waals surface area contributed by atoms with Crippen LogP contribution >= 0.6 is 11.8 Å². The lowest BCUT2D eigenvalue weighted by molar-refractivity contribution is -0.131. The van der Waals surface area contributed by atoms with Crippen LogP contribution in [-0.2, 0) is 9.59 Å². The summed E-state index contributed by atoms with van der Waals surface area (Å²) in [5, 5.41) is 2.80. The number of hydrogen-bond acceptors (Lipinski definition) is 3. The summed E-state index contributed by atoms with van der Waals surface area (Å²) in [6.07, 6.45) is 3.43. The molecule has 1 saturated heterocycles. The zero-order valence-electron chi connectivity index (χ0n) is 10.3. The van der Waals surface area contributed by atoms with E-state index in [0.29, 0.717) is 13.0 Å². The number of rotatable bonds is 4. The highest BCUT2D eigenvalue weighted by Gasteiger charge is 2.22. The number of benzene rings is 1. The minimum absolute atomic E-state index is 0.0721. The Balaban J connectivity index is 1.88. The van der Waals surface area contributed by atoms with Crippen LogP contribution in [0.1, 0.15) is 12.8 Å². The molecular formula is C13H16N2O2S. The lowest BCUT2D eigenvalue weighted by Crippen LogP contribution is -2.33. The molecule has 0 spiro atoms. The van der Waals surface area contributed by atoms with Crippen molar-refractivity contribution >= 4 is 29.3 Å². The van der Waals surface area contributed by atoms with Gasteiger partial charge in [0.1, 0.15) is 0 Å². The third-order valence-electron chi connectivity index (χ3n) is 2.88. The Kier molecular flexibility index (Phi) is 4.25. The molecule has 1 heterocycles. The topological polar surface area (TPSA) is 49.4 Å². The standard InChI is InChI=1S/C13H16N2O2S/c1-18-11-6-4-10(5-7-11)14-12(16)9-15-8-2-3-13(15)17/h4-7H,2-3,8-9H2,1H3,(H,14,16). The summed E-state index contributed by atoms with van der Waals surface area (Å²) < 4.78 is 0. The highest BCUT2D eigenvalue weighted by atomic mass is 32.2. The van der Waals surface area contributed by atoms with Crippen LogP contribution in [0.2, 0.25) is 0 Å². The van der Waals surface area contributed by atoms with Gasteiger partial charge in [-0.1, -0.05) is 0 Å². The number of nitrogens with zero attached hydrogens (tertiary/aromatic N) is 1. The summed E-state index contributed by atoms with van der Waals surface area (Å²) >= 11 is 1.66. The van der Waals surface area contributed by atoms with Crippen molar-refractivity contribution in [2.24, 2.45) is 0 Å². The molecule has 1 aliphatic heterocycles. The Morgan fingerprint density at radius 2 is 2.11 bits per heavy atom. The quantitative estimate of drug-likeness (QED) is 0.846. The molecule has 1 fully saturated rings. The molecule has 4 nitrogen and oxygen atoms in total. The van der Waals surface area contributed by atoms with Gasteiger partial charge in [0.25, 0.3) is 0 Å². The van der Waals surface area contributed by atoms with Crippen molar-refractivity contribution in [1.82, 2.24) is 4.90 Å². The fourth-order valence-corrected chi connectivity index (χ4v) is 2.33. The van der Waals surface area contributed by atoms with Crippen molar-refractivity contribution in [2.45, 2.75) is 17.7 Å². The first-order valence-electron chi connectivity index (χ1n) is 5.91. The van der Waals surface area contributed by atoms with Crippen LogP contribution < -0.4 is 5.32 Å². The number of carbonyl (C=O) groups is 2. The van der Waals surface area contributed by atoms with Gasteiger partial charge in [-0.05, 0) is 36.9 Å². The van der Waals surface area contributed by atoms with E-state index in [-0.39, 0.29) is 18.4 Å². The molecule has 0 aliphatic carbocycles. The van der Waals surface area contributed by atoms with E-state index in [2.05, 4.69) is 5.32 Å². The van der Waals surface area contributed by atoms with E-state index in [0.717, 1.165) is 17.0 Å². The summed E-state index contributed by atoms with van der Waals surface area (Å²) in [4.78, 5) is 25.9. The number of carbonyl (C=O) groups excluding carboxylic acids is 2. The van der Waals surface area contributed by atoms with Crippen LogP contribution in [0.3, 0.4) is 0 Å². The SMILES string of the molecule is CSc1ccc(NC(=O)CN2CCCC2=O)cc1. The number of likely N-dealkylation sites (tertiary alicyclic amines) is 1. The zero-order chi connectivity index (χ0) is 13.0. The highest BCUT2D eigenvalue weighted by molar-refractivity contribution is 7.98. The first kappa shape index (κ1) is 13.0.